The molecule has 0 aromatic heterocycles. The fraction of sp³-hybridized carbons (Fsp3) is 0.929. The van der Waals surface area contributed by atoms with E-state index in [0.717, 1.165) is 44.6 Å². The second kappa shape index (κ2) is 7.06. The van der Waals surface area contributed by atoms with Crippen molar-refractivity contribution >= 4 is 0 Å². The first-order chi connectivity index (χ1) is 15.2. The van der Waals surface area contributed by atoms with Crippen molar-refractivity contribution in [1.29, 1.82) is 0 Å². The molecule has 0 bridgehead atoms. The summed E-state index contributed by atoms with van der Waals surface area (Å²) in [6.45, 7) is 10.6. The third-order valence-corrected chi connectivity index (χ3v) is 11.7. The predicted molar refractivity (Wildman–Crippen MR) is 124 cm³/mol. The first-order valence-corrected chi connectivity index (χ1v) is 13.4. The molecule has 32 heavy (non-hydrogen) atoms. The van der Waals surface area contributed by atoms with Crippen LogP contribution >= 0.6 is 0 Å². The highest BCUT2D eigenvalue weighted by Crippen LogP contribution is 2.73. The first kappa shape index (κ1) is 22.1. The lowest BCUT2D eigenvalue weighted by Crippen LogP contribution is -2.52. The van der Waals surface area contributed by atoms with E-state index >= 15 is 0 Å². The summed E-state index contributed by atoms with van der Waals surface area (Å²) in [5.41, 5.74) is 2.06. The Morgan fingerprint density at radius 1 is 1.06 bits per heavy atom. The Morgan fingerprint density at radius 2 is 1.88 bits per heavy atom. The standard InChI is InChI=1S/C28H44O4/c1-17-8-13-27(31-16-17)18(2)24-26(4)12-10-22-21(23(26)15-28(24,30-5)32-27)7-6-19-14-20(29)9-11-25(19,22)3/h6,17-18,20-24,29H,7-16H2,1-5H3/t17-,18+,20+,21-,22+,23+,24-,25+,26+,27-,28+/m1/s1. The minimum absolute atomic E-state index is 0.133. The maximum Gasteiger partial charge on any atom is 0.175 e. The van der Waals surface area contributed by atoms with Crippen LogP contribution < -0.4 is 0 Å². The Bertz CT molecular complexity index is 799. The molecule has 1 spiro atoms. The average Bonchev–Trinajstić information content (AvgIpc) is 3.17. The summed E-state index contributed by atoms with van der Waals surface area (Å²) < 4.78 is 19.9. The van der Waals surface area contributed by atoms with Crippen LogP contribution in [0.15, 0.2) is 11.6 Å². The third-order valence-electron chi connectivity index (χ3n) is 11.7. The molecular formula is C28H44O4. The summed E-state index contributed by atoms with van der Waals surface area (Å²) in [5.74, 6) is 2.49. The van der Waals surface area contributed by atoms with E-state index in [1.807, 2.05) is 7.11 Å². The summed E-state index contributed by atoms with van der Waals surface area (Å²) in [6, 6.07) is 0. The SMILES string of the molecule is CO[C@]12C[C@H]3[C@@H]4CC=C5C[C@@H](O)CC[C@]5(C)[C@H]4CC[C@]3(C)[C@H]1[C@H](C)[C@@]1(CC[C@@H](C)CO1)O2. The van der Waals surface area contributed by atoms with E-state index in [1.54, 1.807) is 5.57 Å². The van der Waals surface area contributed by atoms with Gasteiger partial charge in [-0.15, -0.1) is 0 Å². The van der Waals surface area contributed by atoms with Gasteiger partial charge in [-0.3, -0.25) is 0 Å². The van der Waals surface area contributed by atoms with Gasteiger partial charge in [-0.1, -0.05) is 39.3 Å². The van der Waals surface area contributed by atoms with Gasteiger partial charge in [0.2, 0.25) is 0 Å². The minimum Gasteiger partial charge on any atom is -0.393 e. The summed E-state index contributed by atoms with van der Waals surface area (Å²) in [5, 5.41) is 10.3. The highest BCUT2D eigenvalue weighted by atomic mass is 16.8. The Labute approximate surface area is 194 Å². The number of aliphatic hydroxyl groups excluding tert-OH is 1. The molecule has 1 N–H and O–H groups in total. The predicted octanol–water partition coefficient (Wildman–Crippen LogP) is 5.69. The monoisotopic (exact) mass is 444 g/mol. The van der Waals surface area contributed by atoms with Crippen LogP contribution in [0.25, 0.3) is 0 Å². The van der Waals surface area contributed by atoms with Crippen LogP contribution in [0.1, 0.15) is 85.5 Å². The molecule has 0 aromatic carbocycles. The van der Waals surface area contributed by atoms with Crippen molar-refractivity contribution in [3.05, 3.63) is 11.6 Å². The summed E-state index contributed by atoms with van der Waals surface area (Å²) >= 11 is 0. The summed E-state index contributed by atoms with van der Waals surface area (Å²) in [7, 11) is 1.88. The smallest absolute Gasteiger partial charge is 0.175 e. The van der Waals surface area contributed by atoms with Crippen molar-refractivity contribution in [2.45, 2.75) is 103 Å². The molecule has 2 heterocycles. The number of hydrogen-bond acceptors (Lipinski definition) is 4. The maximum absolute atomic E-state index is 10.3. The van der Waals surface area contributed by atoms with Gasteiger partial charge in [0.1, 0.15) is 0 Å². The number of hydrogen-bond donors (Lipinski definition) is 1. The van der Waals surface area contributed by atoms with Crippen LogP contribution in [0.2, 0.25) is 0 Å². The number of ether oxygens (including phenoxy) is 3. The molecule has 4 heteroatoms. The minimum atomic E-state index is -0.498. The van der Waals surface area contributed by atoms with E-state index in [2.05, 4.69) is 33.8 Å². The van der Waals surface area contributed by atoms with Crippen molar-refractivity contribution in [1.82, 2.24) is 0 Å². The van der Waals surface area contributed by atoms with Crippen LogP contribution in [0.4, 0.5) is 0 Å². The zero-order valence-corrected chi connectivity index (χ0v) is 20.9. The van der Waals surface area contributed by atoms with Crippen molar-refractivity contribution in [3.8, 4) is 0 Å². The van der Waals surface area contributed by atoms with Gasteiger partial charge in [-0.2, -0.15) is 0 Å². The van der Waals surface area contributed by atoms with E-state index in [-0.39, 0.29) is 16.9 Å². The molecule has 2 aliphatic heterocycles. The van der Waals surface area contributed by atoms with Crippen molar-refractivity contribution in [3.63, 3.8) is 0 Å². The molecule has 0 radical (unpaired) electrons. The number of aliphatic hydroxyl groups is 1. The van der Waals surface area contributed by atoms with Gasteiger partial charge < -0.3 is 19.3 Å². The number of rotatable bonds is 1. The van der Waals surface area contributed by atoms with Crippen LogP contribution in [0.5, 0.6) is 0 Å². The van der Waals surface area contributed by atoms with Gasteiger partial charge in [-0.25, -0.2) is 0 Å². The number of methoxy groups -OCH3 is 1. The molecule has 0 unspecified atom stereocenters. The molecule has 4 nitrogen and oxygen atoms in total. The van der Waals surface area contributed by atoms with Gasteiger partial charge in [0.15, 0.2) is 11.6 Å². The second-order valence-electron chi connectivity index (χ2n) is 13.1. The molecule has 11 atom stereocenters. The molecular weight excluding hydrogens is 400 g/mol. The lowest BCUT2D eigenvalue weighted by Gasteiger charge is -2.58. The highest BCUT2D eigenvalue weighted by Gasteiger charge is 2.75. The van der Waals surface area contributed by atoms with E-state index in [1.165, 1.54) is 25.7 Å². The molecule has 0 amide bonds. The third kappa shape index (κ3) is 2.70. The molecule has 0 aromatic rings. The van der Waals surface area contributed by atoms with Crippen molar-refractivity contribution in [2.75, 3.05) is 13.7 Å². The Morgan fingerprint density at radius 3 is 2.59 bits per heavy atom. The fourth-order valence-corrected chi connectivity index (χ4v) is 9.97. The van der Waals surface area contributed by atoms with Gasteiger partial charge >= 0.3 is 0 Å². The molecule has 2 saturated heterocycles. The first-order valence-electron chi connectivity index (χ1n) is 13.4. The summed E-state index contributed by atoms with van der Waals surface area (Å²) in [6.07, 6.45) is 12.3. The highest BCUT2D eigenvalue weighted by molar-refractivity contribution is 5.27. The number of allylic oxidation sites excluding steroid dienone is 1. The summed E-state index contributed by atoms with van der Waals surface area (Å²) in [4.78, 5) is 0. The van der Waals surface area contributed by atoms with Crippen LogP contribution in [0.3, 0.4) is 0 Å². The van der Waals surface area contributed by atoms with Gasteiger partial charge in [0.25, 0.3) is 0 Å². The molecule has 3 saturated carbocycles. The van der Waals surface area contributed by atoms with E-state index < -0.39 is 11.6 Å². The topological polar surface area (TPSA) is 47.9 Å². The van der Waals surface area contributed by atoms with Crippen LogP contribution in [-0.2, 0) is 14.2 Å². The largest absolute Gasteiger partial charge is 0.393 e. The van der Waals surface area contributed by atoms with Crippen molar-refractivity contribution < 1.29 is 19.3 Å². The van der Waals surface area contributed by atoms with Crippen LogP contribution in [0, 0.1) is 46.3 Å². The second-order valence-corrected chi connectivity index (χ2v) is 13.1. The molecule has 180 valence electrons. The molecule has 4 aliphatic carbocycles. The molecule has 5 fully saturated rings. The Hall–Kier alpha value is -0.420. The van der Waals surface area contributed by atoms with Crippen molar-refractivity contribution in [2.24, 2.45) is 46.3 Å². The fourth-order valence-electron chi connectivity index (χ4n) is 9.97. The van der Waals surface area contributed by atoms with Gasteiger partial charge in [0, 0.05) is 31.8 Å². The van der Waals surface area contributed by atoms with Crippen LogP contribution in [-0.4, -0.2) is 36.5 Å². The number of fused-ring (bicyclic) bond motifs is 7. The lowest BCUT2D eigenvalue weighted by atomic mass is 9.47. The van der Waals surface area contributed by atoms with E-state index in [9.17, 15) is 5.11 Å². The average molecular weight is 445 g/mol. The van der Waals surface area contributed by atoms with Gasteiger partial charge in [0.05, 0.1) is 12.7 Å². The molecule has 6 aliphatic rings. The lowest BCUT2D eigenvalue weighted by molar-refractivity contribution is -0.337. The molecule has 6 rings (SSSR count). The Kier molecular flexibility index (Phi) is 4.87. The van der Waals surface area contributed by atoms with E-state index in [4.69, 9.17) is 14.2 Å². The zero-order chi connectivity index (χ0) is 22.5. The quantitative estimate of drug-likeness (QED) is 0.528. The normalized spacial score (nSPS) is 59.2. The zero-order valence-electron chi connectivity index (χ0n) is 20.9. The van der Waals surface area contributed by atoms with Gasteiger partial charge in [-0.05, 0) is 79.4 Å². The maximum atomic E-state index is 10.3. The Balaban J connectivity index is 1.34. The van der Waals surface area contributed by atoms with E-state index in [0.29, 0.717) is 29.6 Å².